The van der Waals surface area contributed by atoms with Gasteiger partial charge in [-0.3, -0.25) is 13.6 Å². The van der Waals surface area contributed by atoms with Crippen LogP contribution in [-0.2, 0) is 49.1 Å². The van der Waals surface area contributed by atoms with Gasteiger partial charge < -0.3 is 27.1 Å². The van der Waals surface area contributed by atoms with Crippen molar-refractivity contribution in [2.24, 2.45) is 0 Å². The quantitative estimate of drug-likeness (QED) is 0.0274. The lowest BCUT2D eigenvalue weighted by Crippen LogP contribution is -2.19. The first-order chi connectivity index (χ1) is 68.9. The van der Waals surface area contributed by atoms with E-state index >= 15 is 0 Å². The summed E-state index contributed by atoms with van der Waals surface area (Å²) in [6, 6.07) is 40.6. The maximum Gasteiger partial charge on any atom is 0.463 e. The SMILES string of the molecule is CCCCCCCCCCCCCCCCCOP(Oc1ccccc1CCCCCCCC)Oc1cc(C)c(C(C)CC(c2cc(C(C)(C)C)c(OP(OCCCCCCCCCCCCCCCCC)Oc3ccccc3CCCCCCCC)cc2C)c2cc(C(C)(C)C)c(OP(OCCCCCCCCCCCCCCCCC)Oc3ccccc3CCCCCCCC)cc2C)cc1C(C)(C)C. The van der Waals surface area contributed by atoms with Crippen LogP contribution >= 0.6 is 25.8 Å². The summed E-state index contributed by atoms with van der Waals surface area (Å²) >= 11 is 0. The highest BCUT2D eigenvalue weighted by atomic mass is 31.2. The van der Waals surface area contributed by atoms with E-state index in [1.807, 2.05) is 0 Å². The van der Waals surface area contributed by atoms with E-state index in [-0.39, 0.29) is 28.1 Å². The fourth-order valence-corrected chi connectivity index (χ4v) is 23.7. The first kappa shape index (κ1) is 126. The Kier molecular flexibility index (Phi) is 68.8. The van der Waals surface area contributed by atoms with Gasteiger partial charge in [-0.25, -0.2) is 0 Å². The molecule has 0 radical (unpaired) electrons. The Morgan fingerprint density at radius 2 is 0.401 bits per heavy atom. The molecular weight excluding hydrogens is 1800 g/mol. The Morgan fingerprint density at radius 3 is 0.620 bits per heavy atom. The molecule has 0 fully saturated rings. The molecule has 0 heterocycles. The van der Waals surface area contributed by atoms with E-state index in [1.54, 1.807) is 0 Å². The van der Waals surface area contributed by atoms with E-state index in [0.717, 1.165) is 135 Å². The Hall–Kier alpha value is -4.71. The molecule has 806 valence electrons. The van der Waals surface area contributed by atoms with Crippen LogP contribution in [0.4, 0.5) is 0 Å². The van der Waals surface area contributed by atoms with Crippen LogP contribution in [0.2, 0.25) is 0 Å². The van der Waals surface area contributed by atoms with Gasteiger partial charge in [-0.1, -0.05) is 550 Å². The van der Waals surface area contributed by atoms with Crippen molar-refractivity contribution in [1.29, 1.82) is 0 Å². The Labute approximate surface area is 880 Å². The molecule has 6 rings (SSSR count). The lowest BCUT2D eigenvalue weighted by atomic mass is 9.74. The number of rotatable bonds is 89. The molecule has 4 unspecified atom stereocenters. The van der Waals surface area contributed by atoms with Crippen LogP contribution < -0.4 is 27.1 Å². The van der Waals surface area contributed by atoms with Crippen LogP contribution in [0, 0.1) is 20.8 Å². The number of para-hydroxylation sites is 3. The van der Waals surface area contributed by atoms with Crippen molar-refractivity contribution >= 4 is 25.8 Å². The zero-order valence-electron chi connectivity index (χ0n) is 95.6. The number of hydrogen-bond donors (Lipinski definition) is 0. The second-order valence-electron chi connectivity index (χ2n) is 46.0. The van der Waals surface area contributed by atoms with Gasteiger partial charge in [0.15, 0.2) is 0 Å². The lowest BCUT2D eigenvalue weighted by molar-refractivity contribution is 0.255. The zero-order chi connectivity index (χ0) is 102. The zero-order valence-corrected chi connectivity index (χ0v) is 98.2. The third-order valence-electron chi connectivity index (χ3n) is 29.6. The summed E-state index contributed by atoms with van der Waals surface area (Å²) in [5.41, 5.74) is 13.5. The fraction of sp³-hybridized carbons (Fsp3) is 0.723. The Balaban J connectivity index is 1.43. The van der Waals surface area contributed by atoms with Crippen molar-refractivity contribution in [3.63, 3.8) is 0 Å². The van der Waals surface area contributed by atoms with Crippen LogP contribution in [0.3, 0.4) is 0 Å². The van der Waals surface area contributed by atoms with E-state index in [1.165, 1.54) is 397 Å². The predicted octanol–water partition coefficient (Wildman–Crippen LogP) is 45.3. The van der Waals surface area contributed by atoms with Gasteiger partial charge in [0.05, 0.1) is 19.8 Å². The molecule has 0 N–H and O–H groups in total. The summed E-state index contributed by atoms with van der Waals surface area (Å²) in [4.78, 5) is 0. The van der Waals surface area contributed by atoms with Crippen molar-refractivity contribution in [2.75, 3.05) is 19.8 Å². The number of benzene rings is 6. The largest absolute Gasteiger partial charge is 0.463 e. The third kappa shape index (κ3) is 54.1. The van der Waals surface area contributed by atoms with E-state index in [4.69, 9.17) is 40.7 Å². The van der Waals surface area contributed by atoms with E-state index in [9.17, 15) is 0 Å². The summed E-state index contributed by atoms with van der Waals surface area (Å²) in [7, 11) is -5.58. The highest BCUT2D eigenvalue weighted by Gasteiger charge is 2.35. The van der Waals surface area contributed by atoms with Crippen LogP contribution in [0.5, 0.6) is 34.5 Å². The monoisotopic (exact) mass is 2020 g/mol. The second kappa shape index (κ2) is 77.6. The first-order valence-electron chi connectivity index (χ1n) is 60.0. The van der Waals surface area contributed by atoms with Crippen molar-refractivity contribution in [2.45, 2.75) is 590 Å². The molecule has 0 amide bonds. The highest BCUT2D eigenvalue weighted by Crippen LogP contribution is 2.54. The summed E-state index contributed by atoms with van der Waals surface area (Å²) in [5.74, 6) is 5.09. The second-order valence-corrected chi connectivity index (χ2v) is 49.2. The predicted molar refractivity (Wildman–Crippen MR) is 622 cm³/mol. The van der Waals surface area contributed by atoms with Gasteiger partial charge in [-0.15, -0.1) is 0 Å². The Morgan fingerprint density at radius 1 is 0.218 bits per heavy atom. The number of unbranched alkanes of at least 4 members (excludes halogenated alkanes) is 57. The molecule has 6 aromatic carbocycles. The van der Waals surface area contributed by atoms with Gasteiger partial charge in [0, 0.05) is 22.6 Å². The van der Waals surface area contributed by atoms with E-state index in [2.05, 4.69) is 241 Å². The van der Waals surface area contributed by atoms with Gasteiger partial charge in [0.1, 0.15) is 34.5 Å². The maximum atomic E-state index is 7.50. The highest BCUT2D eigenvalue weighted by molar-refractivity contribution is 7.43. The van der Waals surface area contributed by atoms with Crippen LogP contribution in [-0.4, -0.2) is 19.8 Å². The van der Waals surface area contributed by atoms with Crippen molar-refractivity contribution in [3.05, 3.63) is 176 Å². The molecule has 12 heteroatoms. The minimum atomic E-state index is -1.87. The topological polar surface area (TPSA) is 83.1 Å². The van der Waals surface area contributed by atoms with E-state index < -0.39 is 25.8 Å². The molecule has 6 aromatic rings. The molecule has 142 heavy (non-hydrogen) atoms. The van der Waals surface area contributed by atoms with Gasteiger partial charge in [0.2, 0.25) is 0 Å². The minimum Gasteiger partial charge on any atom is -0.417 e. The molecule has 0 spiro atoms. The smallest absolute Gasteiger partial charge is 0.417 e. The molecule has 4 atom stereocenters. The average Bonchev–Trinajstić information content (AvgIpc) is 0.756. The van der Waals surface area contributed by atoms with Gasteiger partial charge in [-0.2, -0.15) is 0 Å². The first-order valence-corrected chi connectivity index (χ1v) is 63.3. The van der Waals surface area contributed by atoms with Crippen molar-refractivity contribution in [3.8, 4) is 34.5 Å². The molecule has 0 aliphatic carbocycles. The fourth-order valence-electron chi connectivity index (χ4n) is 20.5. The summed E-state index contributed by atoms with van der Waals surface area (Å²) in [6.45, 7) is 46.2. The molecule has 0 bridgehead atoms. The summed E-state index contributed by atoms with van der Waals surface area (Å²) in [6.07, 6.45) is 85.3. The van der Waals surface area contributed by atoms with Gasteiger partial charge in [0.25, 0.3) is 0 Å². The summed E-state index contributed by atoms with van der Waals surface area (Å²) in [5, 5.41) is 0. The van der Waals surface area contributed by atoms with Gasteiger partial charge in [-0.05, 0) is 194 Å². The molecule has 9 nitrogen and oxygen atoms in total. The molecule has 0 aromatic heterocycles. The normalized spacial score (nSPS) is 13.1. The third-order valence-corrected chi connectivity index (χ3v) is 32.8. The van der Waals surface area contributed by atoms with Crippen LogP contribution in [0.1, 0.15) is 600 Å². The van der Waals surface area contributed by atoms with Crippen LogP contribution in [0.15, 0.2) is 109 Å². The summed E-state index contributed by atoms with van der Waals surface area (Å²) < 4.78 is 65.1. The minimum absolute atomic E-state index is 0.0754. The molecule has 0 saturated heterocycles. The van der Waals surface area contributed by atoms with Gasteiger partial charge >= 0.3 is 25.8 Å². The maximum absolute atomic E-state index is 7.50. The molecule has 0 aliphatic rings. The average molecular weight is 2020 g/mol. The Bertz CT molecular complexity index is 3940. The van der Waals surface area contributed by atoms with Crippen molar-refractivity contribution < 1.29 is 40.7 Å². The number of aryl methyl sites for hydroxylation is 6. The standard InChI is InChI=1S/C130H217O9P3/c1-20-26-32-38-44-47-50-53-56-59-62-65-68-74-86-98-131-140(134-122-95-83-80-92-112(122)89-77-71-41-35-29-23-4)137-125-102-109(8)115(105-119(125)128(11,12)13)108(7)101-118(116-106-120(129(14,15)16)126(103-110(116)9)138-141(135-123-96-84-81-93-113(123)90-78-72-42-36-30-24-5)132-99-87-75-69-66-63-60-57-54-51-48-45-39-33-27-21-2)117-107-121(130(17,18)19)127(104-111(117)10)139-142(136-124-97-85-82-94-114(124)91-79-73-43-37-31-25-6)133-100-88-76-70-67-64-61-58-55-52-49-46-40-34-28-22-3/h80-85,92-97,102-108,118H,20-79,86-91,98-101H2,1-19H3. The number of hydrogen-bond acceptors (Lipinski definition) is 9. The lowest BCUT2D eigenvalue weighted by Gasteiger charge is -2.33. The van der Waals surface area contributed by atoms with E-state index in [0.29, 0.717) is 19.8 Å². The molecule has 0 saturated carbocycles. The van der Waals surface area contributed by atoms with Crippen LogP contribution in [0.25, 0.3) is 0 Å². The molecular formula is C130H217O9P3. The molecule has 0 aliphatic heterocycles. The van der Waals surface area contributed by atoms with Crippen molar-refractivity contribution in [1.82, 2.24) is 0 Å².